The third-order valence-corrected chi connectivity index (χ3v) is 0.882. The van der Waals surface area contributed by atoms with Crippen molar-refractivity contribution < 1.29 is 15.0 Å². The number of isocyanates is 1. The average molecular weight is 153 g/mol. The fourth-order valence-electron chi connectivity index (χ4n) is 0.464. The largest absolute Gasteiger partial charge is 0.504 e. The number of hydrogen-bond acceptors (Lipinski definition) is 4. The van der Waals surface area contributed by atoms with Gasteiger partial charge in [-0.2, -0.15) is 0 Å². The van der Waals surface area contributed by atoms with Gasteiger partial charge >= 0.3 is 0 Å². The lowest BCUT2D eigenvalue weighted by atomic mass is 10.3. The average Bonchev–Trinajstić information content (AvgIpc) is 1.97. The molecule has 0 spiro atoms. The molecule has 0 fully saturated rings. The summed E-state index contributed by atoms with van der Waals surface area (Å²) in [5.74, 6) is -0.153. The van der Waals surface area contributed by atoms with Gasteiger partial charge in [0.2, 0.25) is 6.08 Å². The molecular formula is C7H7NO3. The zero-order valence-corrected chi connectivity index (χ0v) is 5.61. The van der Waals surface area contributed by atoms with Crippen LogP contribution in [0.3, 0.4) is 0 Å². The first-order valence-corrected chi connectivity index (χ1v) is 2.73. The number of phenols is 2. The Labute approximate surface area is 63.2 Å². The molecule has 1 aromatic rings. The minimum Gasteiger partial charge on any atom is -0.504 e. The van der Waals surface area contributed by atoms with Crippen LogP contribution >= 0.6 is 0 Å². The van der Waals surface area contributed by atoms with Gasteiger partial charge in [0.05, 0.1) is 0 Å². The molecule has 0 unspecified atom stereocenters. The van der Waals surface area contributed by atoms with Gasteiger partial charge in [0.25, 0.3) is 0 Å². The van der Waals surface area contributed by atoms with E-state index in [1.807, 2.05) is 0 Å². The first kappa shape index (κ1) is 9.20. The summed E-state index contributed by atoms with van der Waals surface area (Å²) in [6.45, 7) is 0. The Hall–Kier alpha value is -1.80. The van der Waals surface area contributed by atoms with Crippen LogP contribution in [0.1, 0.15) is 0 Å². The SMILES string of the molecule is N=C=O.Oc1ccccc1O. The summed E-state index contributed by atoms with van der Waals surface area (Å²) in [4.78, 5) is 8.35. The highest BCUT2D eigenvalue weighted by Crippen LogP contribution is 2.21. The maximum atomic E-state index is 8.67. The molecule has 0 aliphatic heterocycles. The topological polar surface area (TPSA) is 81.4 Å². The lowest BCUT2D eigenvalue weighted by Crippen LogP contribution is -1.63. The van der Waals surface area contributed by atoms with E-state index < -0.39 is 0 Å². The molecular weight excluding hydrogens is 146 g/mol. The van der Waals surface area contributed by atoms with Crippen LogP contribution in [0.25, 0.3) is 0 Å². The van der Waals surface area contributed by atoms with Crippen molar-refractivity contribution in [1.29, 1.82) is 5.41 Å². The van der Waals surface area contributed by atoms with Crippen molar-refractivity contribution in [3.63, 3.8) is 0 Å². The van der Waals surface area contributed by atoms with E-state index in [2.05, 4.69) is 0 Å². The minimum absolute atomic E-state index is 0.0764. The number of nitrogens with one attached hydrogen (secondary N) is 1. The zero-order valence-electron chi connectivity index (χ0n) is 5.61. The van der Waals surface area contributed by atoms with Gasteiger partial charge in [0.1, 0.15) is 0 Å². The molecule has 0 radical (unpaired) electrons. The number of benzene rings is 1. The van der Waals surface area contributed by atoms with Crippen LogP contribution in [0.15, 0.2) is 24.3 Å². The molecule has 58 valence electrons. The maximum Gasteiger partial charge on any atom is 0.231 e. The fraction of sp³-hybridized carbons (Fsp3) is 0. The number of phenolic OH excluding ortho intramolecular Hbond substituents is 2. The summed E-state index contributed by atoms with van der Waals surface area (Å²) < 4.78 is 0. The molecule has 0 saturated carbocycles. The number of para-hydroxylation sites is 2. The Morgan fingerprint density at radius 2 is 1.45 bits per heavy atom. The highest BCUT2D eigenvalue weighted by molar-refractivity contribution is 5.36. The summed E-state index contributed by atoms with van der Waals surface area (Å²) in [6, 6.07) is 6.15. The van der Waals surface area contributed by atoms with Crippen molar-refractivity contribution in [2.75, 3.05) is 0 Å². The Kier molecular flexibility index (Phi) is 4.20. The molecule has 0 amide bonds. The first-order chi connectivity index (χ1) is 5.22. The fourth-order valence-corrected chi connectivity index (χ4v) is 0.464. The van der Waals surface area contributed by atoms with E-state index in [1.165, 1.54) is 12.1 Å². The highest BCUT2D eigenvalue weighted by atomic mass is 16.3. The van der Waals surface area contributed by atoms with Crippen molar-refractivity contribution >= 4 is 6.08 Å². The molecule has 0 atom stereocenters. The van der Waals surface area contributed by atoms with Gasteiger partial charge in [-0.25, -0.2) is 10.2 Å². The van der Waals surface area contributed by atoms with Crippen LogP contribution in [-0.2, 0) is 4.79 Å². The summed E-state index contributed by atoms with van der Waals surface area (Å²) in [6.07, 6.45) is 0.750. The van der Waals surface area contributed by atoms with Crippen molar-refractivity contribution in [2.24, 2.45) is 0 Å². The summed E-state index contributed by atoms with van der Waals surface area (Å²) in [5.41, 5.74) is 0. The van der Waals surface area contributed by atoms with E-state index in [0.717, 1.165) is 6.08 Å². The molecule has 0 heterocycles. The predicted molar refractivity (Wildman–Crippen MR) is 38.2 cm³/mol. The van der Waals surface area contributed by atoms with Crippen LogP contribution in [-0.4, -0.2) is 16.3 Å². The van der Waals surface area contributed by atoms with Gasteiger partial charge < -0.3 is 10.2 Å². The van der Waals surface area contributed by atoms with Gasteiger partial charge in [-0.05, 0) is 12.1 Å². The van der Waals surface area contributed by atoms with Crippen LogP contribution < -0.4 is 0 Å². The number of carbonyl (C=O) groups excluding carboxylic acids is 1. The lowest BCUT2D eigenvalue weighted by Gasteiger charge is -1.91. The van der Waals surface area contributed by atoms with Crippen LogP contribution in [0.2, 0.25) is 0 Å². The second-order valence-corrected chi connectivity index (χ2v) is 1.59. The number of aromatic hydroxyl groups is 2. The van der Waals surface area contributed by atoms with E-state index in [0.29, 0.717) is 0 Å². The number of rotatable bonds is 0. The molecule has 4 nitrogen and oxygen atoms in total. The molecule has 0 aliphatic rings. The van der Waals surface area contributed by atoms with Crippen molar-refractivity contribution in [3.8, 4) is 11.5 Å². The van der Waals surface area contributed by atoms with E-state index in [-0.39, 0.29) is 11.5 Å². The Morgan fingerprint density at radius 3 is 1.64 bits per heavy atom. The van der Waals surface area contributed by atoms with Gasteiger partial charge in [-0.1, -0.05) is 12.1 Å². The molecule has 11 heavy (non-hydrogen) atoms. The van der Waals surface area contributed by atoms with Gasteiger partial charge in [0, 0.05) is 0 Å². The lowest BCUT2D eigenvalue weighted by molar-refractivity contribution is 0.404. The maximum absolute atomic E-state index is 8.67. The third-order valence-electron chi connectivity index (χ3n) is 0.882. The molecule has 0 aromatic heterocycles. The van der Waals surface area contributed by atoms with Gasteiger partial charge in [0.15, 0.2) is 11.5 Å². The molecule has 1 aromatic carbocycles. The van der Waals surface area contributed by atoms with Crippen molar-refractivity contribution in [1.82, 2.24) is 0 Å². The molecule has 0 aliphatic carbocycles. The van der Waals surface area contributed by atoms with Crippen molar-refractivity contribution in [2.45, 2.75) is 0 Å². The van der Waals surface area contributed by atoms with E-state index in [1.54, 1.807) is 12.1 Å². The Bertz CT molecular complexity index is 233. The predicted octanol–water partition coefficient (Wildman–Crippen LogP) is 0.999. The number of hydrogen-bond donors (Lipinski definition) is 3. The van der Waals surface area contributed by atoms with E-state index in [9.17, 15) is 0 Å². The normalized spacial score (nSPS) is 7.27. The minimum atomic E-state index is -0.0764. The van der Waals surface area contributed by atoms with Gasteiger partial charge in [-0.15, -0.1) is 0 Å². The van der Waals surface area contributed by atoms with Gasteiger partial charge in [-0.3, -0.25) is 0 Å². The van der Waals surface area contributed by atoms with E-state index >= 15 is 0 Å². The van der Waals surface area contributed by atoms with Crippen LogP contribution in [0.4, 0.5) is 0 Å². The highest BCUT2D eigenvalue weighted by Gasteiger charge is 1.90. The Balaban J connectivity index is 0.000000292. The molecule has 4 heteroatoms. The molecule has 0 saturated heterocycles. The standard InChI is InChI=1S/C6H6O2.CHNO/c7-5-3-1-2-4-6(5)8;2-1-3/h1-4,7-8H;2H. The second-order valence-electron chi connectivity index (χ2n) is 1.59. The first-order valence-electron chi connectivity index (χ1n) is 2.73. The van der Waals surface area contributed by atoms with Crippen molar-refractivity contribution in [3.05, 3.63) is 24.3 Å². The zero-order chi connectivity index (χ0) is 8.69. The molecule has 0 bridgehead atoms. The second kappa shape index (κ2) is 5.02. The monoisotopic (exact) mass is 153 g/mol. The van der Waals surface area contributed by atoms with Crippen LogP contribution in [0, 0.1) is 5.41 Å². The smallest absolute Gasteiger partial charge is 0.231 e. The summed E-state index contributed by atoms with van der Waals surface area (Å²) in [5, 5.41) is 22.7. The third kappa shape index (κ3) is 3.72. The van der Waals surface area contributed by atoms with Crippen LogP contribution in [0.5, 0.6) is 11.5 Å². The van der Waals surface area contributed by atoms with E-state index in [4.69, 9.17) is 20.4 Å². The summed E-state index contributed by atoms with van der Waals surface area (Å²) >= 11 is 0. The Morgan fingerprint density at radius 1 is 1.18 bits per heavy atom. The summed E-state index contributed by atoms with van der Waals surface area (Å²) in [7, 11) is 0. The molecule has 1 rings (SSSR count). The quantitative estimate of drug-likeness (QED) is 0.295. The molecule has 3 N–H and O–H groups in total.